The number of β-lactam (4-membered cyclic amide) rings is 1. The van der Waals surface area contributed by atoms with Crippen LogP contribution in [0.4, 0.5) is 5.69 Å². The fourth-order valence-electron chi connectivity index (χ4n) is 4.45. The maximum atomic E-state index is 13.3. The van der Waals surface area contributed by atoms with E-state index in [2.05, 4.69) is 0 Å². The van der Waals surface area contributed by atoms with Gasteiger partial charge in [-0.3, -0.25) is 4.79 Å². The molecule has 1 N–H and O–H groups in total. The summed E-state index contributed by atoms with van der Waals surface area (Å²) in [6, 6.07) is 31.0. The molecule has 4 aromatic rings. The number of hydrogen-bond donors (Lipinski definition) is 1. The lowest BCUT2D eigenvalue weighted by Gasteiger charge is -2.49. The van der Waals surface area contributed by atoms with Crippen molar-refractivity contribution in [2.24, 2.45) is 5.92 Å². The van der Waals surface area contributed by atoms with E-state index in [1.165, 1.54) is 0 Å². The molecular formula is C27H23NO3. The zero-order valence-corrected chi connectivity index (χ0v) is 17.2. The average Bonchev–Trinajstić information content (AvgIpc) is 2.83. The van der Waals surface area contributed by atoms with Crippen LogP contribution in [0.2, 0.25) is 0 Å². The Hall–Kier alpha value is -3.63. The summed E-state index contributed by atoms with van der Waals surface area (Å²) < 4.78 is 5.29. The Kier molecular flexibility index (Phi) is 4.92. The number of benzene rings is 4. The predicted octanol–water partition coefficient (Wildman–Crippen LogP) is 5.29. The second kappa shape index (κ2) is 7.89. The van der Waals surface area contributed by atoms with Gasteiger partial charge < -0.3 is 14.7 Å². The quantitative estimate of drug-likeness (QED) is 0.456. The van der Waals surface area contributed by atoms with E-state index in [1.54, 1.807) is 12.0 Å². The SMILES string of the molecule is COc1ccc([C@@H]2[C@H]([C@H](O)c3ccc4ccccc4c3)C(=O)N2c2ccccc2)cc1. The van der Waals surface area contributed by atoms with Crippen molar-refractivity contribution >= 4 is 22.4 Å². The lowest BCUT2D eigenvalue weighted by atomic mass is 9.76. The van der Waals surface area contributed by atoms with Crippen LogP contribution in [0, 0.1) is 5.92 Å². The summed E-state index contributed by atoms with van der Waals surface area (Å²) >= 11 is 0. The molecule has 1 fully saturated rings. The van der Waals surface area contributed by atoms with Gasteiger partial charge >= 0.3 is 0 Å². The minimum atomic E-state index is -0.899. The lowest BCUT2D eigenvalue weighted by molar-refractivity contribution is -0.136. The second-order valence-corrected chi connectivity index (χ2v) is 7.84. The molecular weight excluding hydrogens is 386 g/mol. The van der Waals surface area contributed by atoms with Gasteiger partial charge in [0.25, 0.3) is 0 Å². The average molecular weight is 409 g/mol. The highest BCUT2D eigenvalue weighted by Crippen LogP contribution is 2.49. The molecule has 5 rings (SSSR count). The topological polar surface area (TPSA) is 49.8 Å². The number of anilines is 1. The van der Waals surface area contributed by atoms with Crippen LogP contribution in [-0.2, 0) is 4.79 Å². The molecule has 4 heteroatoms. The van der Waals surface area contributed by atoms with Crippen molar-refractivity contribution in [1.82, 2.24) is 0 Å². The van der Waals surface area contributed by atoms with Gasteiger partial charge in [-0.25, -0.2) is 0 Å². The summed E-state index contributed by atoms with van der Waals surface area (Å²) in [6.07, 6.45) is -0.899. The number of ether oxygens (including phenoxy) is 1. The minimum Gasteiger partial charge on any atom is -0.497 e. The highest BCUT2D eigenvalue weighted by molar-refractivity contribution is 6.03. The maximum Gasteiger partial charge on any atom is 0.236 e. The number of aliphatic hydroxyl groups is 1. The molecule has 0 radical (unpaired) electrons. The molecule has 1 aliphatic rings. The number of hydrogen-bond acceptors (Lipinski definition) is 3. The van der Waals surface area contributed by atoms with E-state index in [4.69, 9.17) is 4.74 Å². The number of amides is 1. The van der Waals surface area contributed by atoms with Crippen molar-refractivity contribution in [3.63, 3.8) is 0 Å². The van der Waals surface area contributed by atoms with Gasteiger partial charge in [-0.15, -0.1) is 0 Å². The van der Waals surface area contributed by atoms with Crippen molar-refractivity contribution < 1.29 is 14.6 Å². The fraction of sp³-hybridized carbons (Fsp3) is 0.148. The van der Waals surface area contributed by atoms with Crippen LogP contribution in [0.25, 0.3) is 10.8 Å². The highest BCUT2D eigenvalue weighted by atomic mass is 16.5. The molecule has 1 heterocycles. The molecule has 0 aliphatic carbocycles. The molecule has 31 heavy (non-hydrogen) atoms. The Balaban J connectivity index is 1.54. The van der Waals surface area contributed by atoms with Crippen molar-refractivity contribution in [1.29, 1.82) is 0 Å². The molecule has 1 amide bonds. The summed E-state index contributed by atoms with van der Waals surface area (Å²) in [5.41, 5.74) is 2.55. The van der Waals surface area contributed by atoms with Crippen LogP contribution in [0.5, 0.6) is 5.75 Å². The van der Waals surface area contributed by atoms with Crippen molar-refractivity contribution in [3.8, 4) is 5.75 Å². The number of methoxy groups -OCH3 is 1. The summed E-state index contributed by atoms with van der Waals surface area (Å²) in [5.74, 6) is 0.120. The van der Waals surface area contributed by atoms with Gasteiger partial charge in [0.1, 0.15) is 5.75 Å². The number of carbonyl (C=O) groups is 1. The van der Waals surface area contributed by atoms with Crippen LogP contribution >= 0.6 is 0 Å². The van der Waals surface area contributed by atoms with Gasteiger partial charge in [0.15, 0.2) is 0 Å². The van der Waals surface area contributed by atoms with E-state index < -0.39 is 12.0 Å². The molecule has 154 valence electrons. The first-order valence-electron chi connectivity index (χ1n) is 10.4. The Morgan fingerprint density at radius 1 is 0.839 bits per heavy atom. The molecule has 3 atom stereocenters. The van der Waals surface area contributed by atoms with Gasteiger partial charge in [0, 0.05) is 5.69 Å². The zero-order chi connectivity index (χ0) is 21.4. The number of carbonyl (C=O) groups excluding carboxylic acids is 1. The standard InChI is InChI=1S/C27H23NO3/c1-31-23-15-13-19(14-16-23)25-24(27(30)28(25)22-9-3-2-4-10-22)26(29)21-12-11-18-7-5-6-8-20(18)17-21/h2-17,24-26,29H,1H3/t24-,25-,26-/m1/s1. The Morgan fingerprint density at radius 2 is 1.52 bits per heavy atom. The summed E-state index contributed by atoms with van der Waals surface area (Å²) in [6.45, 7) is 0. The zero-order valence-electron chi connectivity index (χ0n) is 17.2. The summed E-state index contributed by atoms with van der Waals surface area (Å²) in [7, 11) is 1.63. The molecule has 1 saturated heterocycles. The minimum absolute atomic E-state index is 0.0762. The number of para-hydroxylation sites is 1. The number of rotatable bonds is 5. The first-order chi connectivity index (χ1) is 15.2. The normalized spacial score (nSPS) is 19.2. The number of nitrogens with zero attached hydrogens (tertiary/aromatic N) is 1. The third kappa shape index (κ3) is 3.35. The van der Waals surface area contributed by atoms with E-state index in [0.29, 0.717) is 0 Å². The third-order valence-corrected chi connectivity index (χ3v) is 6.09. The van der Waals surface area contributed by atoms with Crippen LogP contribution in [0.15, 0.2) is 97.1 Å². The van der Waals surface area contributed by atoms with Gasteiger partial charge in [-0.1, -0.05) is 66.7 Å². The van der Waals surface area contributed by atoms with Gasteiger partial charge in [-0.05, 0) is 52.2 Å². The summed E-state index contributed by atoms with van der Waals surface area (Å²) in [5, 5.41) is 13.5. The smallest absolute Gasteiger partial charge is 0.236 e. The van der Waals surface area contributed by atoms with Gasteiger partial charge in [0.2, 0.25) is 5.91 Å². The monoisotopic (exact) mass is 409 g/mol. The molecule has 0 saturated carbocycles. The Bertz CT molecular complexity index is 1220. The van der Waals surface area contributed by atoms with E-state index in [0.717, 1.165) is 33.3 Å². The first kappa shape index (κ1) is 19.3. The molecule has 4 nitrogen and oxygen atoms in total. The fourth-order valence-corrected chi connectivity index (χ4v) is 4.45. The van der Waals surface area contributed by atoms with Crippen molar-refractivity contribution in [2.75, 3.05) is 12.0 Å². The van der Waals surface area contributed by atoms with E-state index >= 15 is 0 Å². The largest absolute Gasteiger partial charge is 0.497 e. The molecule has 0 spiro atoms. The summed E-state index contributed by atoms with van der Waals surface area (Å²) in [4.78, 5) is 15.1. The maximum absolute atomic E-state index is 13.3. The Labute approximate surface area is 181 Å². The Morgan fingerprint density at radius 3 is 2.23 bits per heavy atom. The second-order valence-electron chi connectivity index (χ2n) is 7.84. The van der Waals surface area contributed by atoms with E-state index in [-0.39, 0.29) is 11.9 Å². The third-order valence-electron chi connectivity index (χ3n) is 6.09. The molecule has 0 bridgehead atoms. The molecule has 4 aromatic carbocycles. The van der Waals surface area contributed by atoms with Gasteiger partial charge in [0.05, 0.1) is 25.2 Å². The van der Waals surface area contributed by atoms with Crippen molar-refractivity contribution in [3.05, 3.63) is 108 Å². The first-order valence-corrected chi connectivity index (χ1v) is 10.4. The van der Waals surface area contributed by atoms with Crippen LogP contribution < -0.4 is 9.64 Å². The molecule has 0 unspecified atom stereocenters. The molecule has 0 aromatic heterocycles. The van der Waals surface area contributed by atoms with Crippen molar-refractivity contribution in [2.45, 2.75) is 12.1 Å². The predicted molar refractivity (Wildman–Crippen MR) is 122 cm³/mol. The highest BCUT2D eigenvalue weighted by Gasteiger charge is 2.52. The number of fused-ring (bicyclic) bond motifs is 1. The number of aliphatic hydroxyl groups excluding tert-OH is 1. The molecule has 1 aliphatic heterocycles. The van der Waals surface area contributed by atoms with Crippen LogP contribution in [-0.4, -0.2) is 18.1 Å². The van der Waals surface area contributed by atoms with E-state index in [9.17, 15) is 9.90 Å². The van der Waals surface area contributed by atoms with E-state index in [1.807, 2.05) is 97.1 Å². The lowest BCUT2D eigenvalue weighted by Crippen LogP contribution is -2.57. The van der Waals surface area contributed by atoms with Crippen LogP contribution in [0.3, 0.4) is 0 Å². The van der Waals surface area contributed by atoms with Crippen LogP contribution in [0.1, 0.15) is 23.3 Å². The van der Waals surface area contributed by atoms with Gasteiger partial charge in [-0.2, -0.15) is 0 Å².